The smallest absolute Gasteiger partial charge is 0.212 e. The molecule has 0 bridgehead atoms. The van der Waals surface area contributed by atoms with Crippen molar-refractivity contribution in [3.05, 3.63) is 47.8 Å². The lowest BCUT2D eigenvalue weighted by Crippen LogP contribution is -2.02. The molecular weight excluding hydrogens is 242 g/mol. The molecule has 0 saturated carbocycles. The van der Waals surface area contributed by atoms with Gasteiger partial charge in [0.25, 0.3) is 0 Å². The van der Waals surface area contributed by atoms with Crippen LogP contribution in [-0.2, 0) is 6.54 Å². The molecule has 0 amide bonds. The molecule has 2 rings (SSSR count). The molecule has 100 valence electrons. The maximum atomic E-state index is 10.5. The van der Waals surface area contributed by atoms with Crippen molar-refractivity contribution in [2.24, 2.45) is 0 Å². The average molecular weight is 259 g/mol. The Labute approximate surface area is 112 Å². The fourth-order valence-corrected chi connectivity index (χ4v) is 1.41. The van der Waals surface area contributed by atoms with E-state index in [1.807, 2.05) is 6.07 Å². The van der Waals surface area contributed by atoms with Crippen LogP contribution in [0.25, 0.3) is 0 Å². The summed E-state index contributed by atoms with van der Waals surface area (Å²) in [5.74, 6) is 1.31. The van der Waals surface area contributed by atoms with E-state index in [4.69, 9.17) is 4.74 Å². The molecule has 2 heterocycles. The zero-order valence-electron chi connectivity index (χ0n) is 9.96. The number of nitrogens with one attached hydrogen (secondary N) is 1. The monoisotopic (exact) mass is 259 g/mol. The largest absolute Gasteiger partial charge is 0.481 e. The van der Waals surface area contributed by atoms with E-state index in [9.17, 15) is 4.79 Å². The molecule has 2 aromatic heterocycles. The van der Waals surface area contributed by atoms with Crippen LogP contribution >= 0.6 is 0 Å². The summed E-state index contributed by atoms with van der Waals surface area (Å²) < 4.78 is 4.98. The number of aromatic nitrogens is 2. The van der Waals surface area contributed by atoms with Crippen molar-refractivity contribution in [2.45, 2.75) is 14.0 Å². The van der Waals surface area contributed by atoms with Crippen LogP contribution < -0.4 is 10.1 Å². The first-order valence-corrected chi connectivity index (χ1v) is 5.46. The summed E-state index contributed by atoms with van der Waals surface area (Å²) in [7, 11) is 1.58. The predicted molar refractivity (Wildman–Crippen MR) is 74.5 cm³/mol. The lowest BCUT2D eigenvalue weighted by atomic mass is 10.2. The van der Waals surface area contributed by atoms with Crippen LogP contribution in [-0.4, -0.2) is 23.4 Å². The minimum absolute atomic E-state index is 0. The standard InChI is InChI=1S/C13H13N3O2.CH4/c1-18-13-5-3-10(7-16-13)6-14-12-4-2-11(9-17)8-15-12;/h2-5,7-9H,6H2,1H3,(H,14,15);1H4. The van der Waals surface area contributed by atoms with Crippen molar-refractivity contribution in [1.29, 1.82) is 0 Å². The van der Waals surface area contributed by atoms with Gasteiger partial charge in [0.1, 0.15) is 5.82 Å². The molecule has 0 atom stereocenters. The molecule has 2 aromatic rings. The highest BCUT2D eigenvalue weighted by Gasteiger charge is 1.97. The summed E-state index contributed by atoms with van der Waals surface area (Å²) in [5, 5.41) is 3.14. The van der Waals surface area contributed by atoms with Crippen LogP contribution in [0.4, 0.5) is 5.82 Å². The second-order valence-electron chi connectivity index (χ2n) is 3.66. The Kier molecular flexibility index (Phi) is 5.47. The number of carbonyl (C=O) groups is 1. The number of hydrogen-bond donors (Lipinski definition) is 1. The fraction of sp³-hybridized carbons (Fsp3) is 0.214. The van der Waals surface area contributed by atoms with Crippen LogP contribution in [0.2, 0.25) is 0 Å². The highest BCUT2D eigenvalue weighted by Crippen LogP contribution is 2.09. The van der Waals surface area contributed by atoms with Gasteiger partial charge in [0.15, 0.2) is 6.29 Å². The second-order valence-corrected chi connectivity index (χ2v) is 3.66. The molecule has 19 heavy (non-hydrogen) atoms. The van der Waals surface area contributed by atoms with Crippen LogP contribution in [0.15, 0.2) is 36.7 Å². The van der Waals surface area contributed by atoms with Gasteiger partial charge >= 0.3 is 0 Å². The van der Waals surface area contributed by atoms with E-state index < -0.39 is 0 Å². The number of ether oxygens (including phenoxy) is 1. The topological polar surface area (TPSA) is 64.1 Å². The Balaban J connectivity index is 0.00000180. The fourth-order valence-electron chi connectivity index (χ4n) is 1.41. The number of aldehydes is 1. The third kappa shape index (κ3) is 4.06. The molecule has 0 fully saturated rings. The molecule has 0 unspecified atom stereocenters. The zero-order chi connectivity index (χ0) is 12.8. The molecule has 0 aliphatic rings. The lowest BCUT2D eigenvalue weighted by Gasteiger charge is -2.06. The molecule has 1 N–H and O–H groups in total. The highest BCUT2D eigenvalue weighted by molar-refractivity contribution is 5.74. The minimum Gasteiger partial charge on any atom is -0.481 e. The van der Waals surface area contributed by atoms with E-state index in [2.05, 4.69) is 15.3 Å². The molecule has 5 nitrogen and oxygen atoms in total. The minimum atomic E-state index is 0. The van der Waals surface area contributed by atoms with Crippen LogP contribution in [0.3, 0.4) is 0 Å². The van der Waals surface area contributed by atoms with E-state index in [1.165, 1.54) is 6.20 Å². The first-order valence-electron chi connectivity index (χ1n) is 5.46. The van der Waals surface area contributed by atoms with Gasteiger partial charge in [-0.3, -0.25) is 4.79 Å². The van der Waals surface area contributed by atoms with Gasteiger partial charge in [0, 0.05) is 30.6 Å². The summed E-state index contributed by atoms with van der Waals surface area (Å²) >= 11 is 0. The number of pyridine rings is 2. The SMILES string of the molecule is C.COc1ccc(CNc2ccc(C=O)cn2)cn1. The molecule has 0 aromatic carbocycles. The first kappa shape index (κ1) is 14.6. The van der Waals surface area contributed by atoms with Gasteiger partial charge in [0.2, 0.25) is 5.88 Å². The van der Waals surface area contributed by atoms with Crippen molar-refractivity contribution < 1.29 is 9.53 Å². The van der Waals surface area contributed by atoms with E-state index in [0.29, 0.717) is 18.0 Å². The molecule has 5 heteroatoms. The number of carbonyl (C=O) groups excluding carboxylic acids is 1. The quantitative estimate of drug-likeness (QED) is 0.836. The lowest BCUT2D eigenvalue weighted by molar-refractivity contribution is 0.112. The number of nitrogens with zero attached hydrogens (tertiary/aromatic N) is 2. The van der Waals surface area contributed by atoms with E-state index in [0.717, 1.165) is 17.7 Å². The van der Waals surface area contributed by atoms with Crippen LogP contribution in [0.1, 0.15) is 23.3 Å². The summed E-state index contributed by atoms with van der Waals surface area (Å²) in [6.07, 6.45) is 4.04. The maximum Gasteiger partial charge on any atom is 0.212 e. The van der Waals surface area contributed by atoms with E-state index >= 15 is 0 Å². The molecule has 0 aliphatic carbocycles. The summed E-state index contributed by atoms with van der Waals surface area (Å²) in [4.78, 5) is 18.7. The van der Waals surface area contributed by atoms with Gasteiger partial charge in [-0.05, 0) is 17.7 Å². The molecule has 0 radical (unpaired) electrons. The molecule has 0 aliphatic heterocycles. The first-order chi connectivity index (χ1) is 8.81. The van der Waals surface area contributed by atoms with Gasteiger partial charge in [0.05, 0.1) is 7.11 Å². The van der Waals surface area contributed by atoms with Crippen molar-refractivity contribution in [1.82, 2.24) is 9.97 Å². The summed E-state index contributed by atoms with van der Waals surface area (Å²) in [6, 6.07) is 7.22. The van der Waals surface area contributed by atoms with Gasteiger partial charge in [-0.2, -0.15) is 0 Å². The number of methoxy groups -OCH3 is 1. The Hall–Kier alpha value is -2.43. The second kappa shape index (κ2) is 7.10. The van der Waals surface area contributed by atoms with Crippen molar-refractivity contribution in [3.63, 3.8) is 0 Å². The Morgan fingerprint density at radius 2 is 2.05 bits per heavy atom. The van der Waals surface area contributed by atoms with Crippen molar-refractivity contribution in [3.8, 4) is 5.88 Å². The van der Waals surface area contributed by atoms with Gasteiger partial charge in [-0.25, -0.2) is 9.97 Å². The number of anilines is 1. The number of rotatable bonds is 5. The average Bonchev–Trinajstić information content (AvgIpc) is 2.46. The molecule has 0 saturated heterocycles. The predicted octanol–water partition coefficient (Wildman–Crippen LogP) is 2.55. The summed E-state index contributed by atoms with van der Waals surface area (Å²) in [5.41, 5.74) is 1.59. The zero-order valence-corrected chi connectivity index (χ0v) is 9.96. The Bertz CT molecular complexity index is 509. The number of hydrogen-bond acceptors (Lipinski definition) is 5. The third-order valence-corrected chi connectivity index (χ3v) is 2.40. The third-order valence-electron chi connectivity index (χ3n) is 2.40. The highest BCUT2D eigenvalue weighted by atomic mass is 16.5. The summed E-state index contributed by atoms with van der Waals surface area (Å²) in [6.45, 7) is 0.616. The Morgan fingerprint density at radius 1 is 1.21 bits per heavy atom. The maximum absolute atomic E-state index is 10.5. The van der Waals surface area contributed by atoms with Crippen molar-refractivity contribution >= 4 is 12.1 Å². The van der Waals surface area contributed by atoms with Crippen molar-refractivity contribution in [2.75, 3.05) is 12.4 Å². The van der Waals surface area contributed by atoms with Crippen LogP contribution in [0, 0.1) is 0 Å². The molecule has 0 spiro atoms. The Morgan fingerprint density at radius 3 is 2.58 bits per heavy atom. The van der Waals surface area contributed by atoms with E-state index in [1.54, 1.807) is 31.5 Å². The van der Waals surface area contributed by atoms with E-state index in [-0.39, 0.29) is 7.43 Å². The van der Waals surface area contributed by atoms with Gasteiger partial charge in [-0.15, -0.1) is 0 Å². The van der Waals surface area contributed by atoms with Gasteiger partial charge in [-0.1, -0.05) is 13.5 Å². The normalized spacial score (nSPS) is 9.32. The molecular formula is C14H17N3O2. The van der Waals surface area contributed by atoms with Gasteiger partial charge < -0.3 is 10.1 Å². The van der Waals surface area contributed by atoms with Crippen LogP contribution in [0.5, 0.6) is 5.88 Å².